The molecule has 1 N–H and O–H groups in total. The maximum atomic E-state index is 13.3. The number of nitrogens with zero attached hydrogens (tertiary/aromatic N) is 1. The third kappa shape index (κ3) is 5.09. The highest BCUT2D eigenvalue weighted by Gasteiger charge is 2.18. The molecule has 25 heavy (non-hydrogen) atoms. The summed E-state index contributed by atoms with van der Waals surface area (Å²) < 4.78 is 26.3. The van der Waals surface area contributed by atoms with Crippen LogP contribution in [0, 0.1) is 11.6 Å². The van der Waals surface area contributed by atoms with E-state index in [4.69, 9.17) is 0 Å². The molecule has 0 aliphatic carbocycles. The molecule has 1 unspecified atom stereocenters. The first-order chi connectivity index (χ1) is 11.9. The highest BCUT2D eigenvalue weighted by Crippen LogP contribution is 2.21. The van der Waals surface area contributed by atoms with E-state index in [1.807, 2.05) is 5.38 Å². The zero-order valence-electron chi connectivity index (χ0n) is 14.1. The van der Waals surface area contributed by atoms with Crippen LogP contribution in [0.25, 0.3) is 0 Å². The van der Waals surface area contributed by atoms with Gasteiger partial charge in [0.2, 0.25) is 5.91 Å². The lowest BCUT2D eigenvalue weighted by molar-refractivity contribution is -0.131. The first-order valence-corrected chi connectivity index (χ1v) is 8.80. The summed E-state index contributed by atoms with van der Waals surface area (Å²) in [6.45, 7) is 2.15. The minimum Gasteiger partial charge on any atom is -0.351 e. The third-order valence-corrected chi connectivity index (χ3v) is 4.87. The van der Waals surface area contributed by atoms with E-state index in [2.05, 4.69) is 5.32 Å². The van der Waals surface area contributed by atoms with Crippen LogP contribution < -0.4 is 5.32 Å². The predicted octanol–water partition coefficient (Wildman–Crippen LogP) is 3.76. The Morgan fingerprint density at radius 2 is 2.00 bits per heavy atom. The molecular weight excluding hydrogens is 346 g/mol. The summed E-state index contributed by atoms with van der Waals surface area (Å²) in [5, 5.41) is 4.59. The highest BCUT2D eigenvalue weighted by atomic mass is 32.1. The van der Waals surface area contributed by atoms with E-state index in [1.54, 1.807) is 26.1 Å². The second-order valence-corrected chi connectivity index (χ2v) is 6.64. The van der Waals surface area contributed by atoms with Crippen molar-refractivity contribution in [2.24, 2.45) is 0 Å². The van der Waals surface area contributed by atoms with Crippen LogP contribution in [0.1, 0.15) is 41.0 Å². The molecule has 0 spiro atoms. The van der Waals surface area contributed by atoms with E-state index in [0.29, 0.717) is 23.4 Å². The van der Waals surface area contributed by atoms with Crippen LogP contribution in [-0.2, 0) is 4.79 Å². The Morgan fingerprint density at radius 1 is 1.24 bits per heavy atom. The number of hydrogen-bond acceptors (Lipinski definition) is 3. The average Bonchev–Trinajstić information content (AvgIpc) is 3.14. The van der Waals surface area contributed by atoms with Gasteiger partial charge in [0, 0.05) is 20.0 Å². The Bertz CT molecular complexity index is 735. The van der Waals surface area contributed by atoms with Gasteiger partial charge in [-0.15, -0.1) is 11.3 Å². The van der Waals surface area contributed by atoms with Crippen molar-refractivity contribution in [3.05, 3.63) is 57.8 Å². The van der Waals surface area contributed by atoms with Gasteiger partial charge < -0.3 is 10.2 Å². The van der Waals surface area contributed by atoms with Crippen LogP contribution in [0.15, 0.2) is 35.7 Å². The van der Waals surface area contributed by atoms with Gasteiger partial charge in [-0.05, 0) is 42.5 Å². The fourth-order valence-corrected chi connectivity index (χ4v) is 2.96. The van der Waals surface area contributed by atoms with Crippen LogP contribution in [0.3, 0.4) is 0 Å². The first kappa shape index (κ1) is 19.1. The molecule has 2 rings (SSSR count). The molecule has 1 heterocycles. The second kappa shape index (κ2) is 8.71. The van der Waals surface area contributed by atoms with Crippen molar-refractivity contribution >= 4 is 23.2 Å². The summed E-state index contributed by atoms with van der Waals surface area (Å²) in [7, 11) is 1.62. The average molecular weight is 366 g/mol. The minimum atomic E-state index is -0.929. The Kier molecular flexibility index (Phi) is 6.64. The number of carbonyl (C=O) groups is 2. The SMILES string of the molecule is CC(c1ccc(F)c(F)c1)N(C)C(=O)CCCNC(=O)c1cccs1. The van der Waals surface area contributed by atoms with Gasteiger partial charge in [-0.1, -0.05) is 12.1 Å². The summed E-state index contributed by atoms with van der Waals surface area (Å²) in [6, 6.07) is 6.79. The summed E-state index contributed by atoms with van der Waals surface area (Å²) in [5.41, 5.74) is 0.528. The highest BCUT2D eigenvalue weighted by molar-refractivity contribution is 7.12. The molecule has 0 bridgehead atoms. The second-order valence-electron chi connectivity index (χ2n) is 5.69. The summed E-state index contributed by atoms with van der Waals surface area (Å²) >= 11 is 1.36. The van der Waals surface area contributed by atoms with Crippen molar-refractivity contribution < 1.29 is 18.4 Å². The lowest BCUT2D eigenvalue weighted by Gasteiger charge is -2.25. The van der Waals surface area contributed by atoms with Crippen molar-refractivity contribution in [1.29, 1.82) is 0 Å². The van der Waals surface area contributed by atoms with Crippen molar-refractivity contribution in [1.82, 2.24) is 10.2 Å². The van der Waals surface area contributed by atoms with Crippen LogP contribution in [0.2, 0.25) is 0 Å². The fourth-order valence-electron chi connectivity index (χ4n) is 2.32. The molecule has 134 valence electrons. The Hall–Kier alpha value is -2.28. The van der Waals surface area contributed by atoms with Crippen molar-refractivity contribution in [2.45, 2.75) is 25.8 Å². The lowest BCUT2D eigenvalue weighted by Crippen LogP contribution is -2.31. The molecule has 0 saturated heterocycles. The van der Waals surface area contributed by atoms with E-state index in [9.17, 15) is 18.4 Å². The molecular formula is C18H20F2N2O2S. The van der Waals surface area contributed by atoms with E-state index in [-0.39, 0.29) is 24.3 Å². The Morgan fingerprint density at radius 3 is 2.64 bits per heavy atom. The standard InChI is InChI=1S/C18H20F2N2O2S/c1-12(13-7-8-14(19)15(20)11-13)22(2)17(23)6-3-9-21-18(24)16-5-4-10-25-16/h4-5,7-8,10-12H,3,6,9H2,1-2H3,(H,21,24). The maximum absolute atomic E-state index is 13.3. The van der Waals surface area contributed by atoms with Crippen LogP contribution in [-0.4, -0.2) is 30.3 Å². The number of thiophene rings is 1. The molecule has 1 aromatic heterocycles. The fraction of sp³-hybridized carbons (Fsp3) is 0.333. The largest absolute Gasteiger partial charge is 0.351 e. The Labute approximate surface area is 149 Å². The molecule has 0 fully saturated rings. The quantitative estimate of drug-likeness (QED) is 0.759. The molecule has 2 amide bonds. The number of carbonyl (C=O) groups excluding carboxylic acids is 2. The molecule has 0 aliphatic rings. The molecule has 2 aromatic rings. The molecule has 0 radical (unpaired) electrons. The molecule has 0 aliphatic heterocycles. The minimum absolute atomic E-state index is 0.123. The van der Waals surface area contributed by atoms with E-state index >= 15 is 0 Å². The molecule has 4 nitrogen and oxygen atoms in total. The zero-order chi connectivity index (χ0) is 18.4. The Balaban J connectivity index is 1.79. The van der Waals surface area contributed by atoms with E-state index < -0.39 is 11.6 Å². The van der Waals surface area contributed by atoms with Crippen molar-refractivity contribution in [2.75, 3.05) is 13.6 Å². The summed E-state index contributed by atoms with van der Waals surface area (Å²) in [6.07, 6.45) is 0.764. The molecule has 1 atom stereocenters. The zero-order valence-corrected chi connectivity index (χ0v) is 14.9. The van der Waals surface area contributed by atoms with E-state index in [0.717, 1.165) is 12.1 Å². The van der Waals surface area contributed by atoms with Crippen molar-refractivity contribution in [3.63, 3.8) is 0 Å². The molecule has 1 aromatic carbocycles. The van der Waals surface area contributed by atoms with Crippen molar-refractivity contribution in [3.8, 4) is 0 Å². The number of nitrogens with one attached hydrogen (secondary N) is 1. The van der Waals surface area contributed by atoms with E-state index in [1.165, 1.54) is 22.3 Å². The van der Waals surface area contributed by atoms with Gasteiger partial charge in [0.1, 0.15) is 0 Å². The normalized spacial score (nSPS) is 11.8. The van der Waals surface area contributed by atoms with Crippen LogP contribution in [0.4, 0.5) is 8.78 Å². The third-order valence-electron chi connectivity index (χ3n) is 4.00. The molecule has 0 saturated carbocycles. The van der Waals surface area contributed by atoms with Gasteiger partial charge in [0.05, 0.1) is 10.9 Å². The number of benzene rings is 1. The van der Waals surface area contributed by atoms with Crippen LogP contribution >= 0.6 is 11.3 Å². The monoisotopic (exact) mass is 366 g/mol. The van der Waals surface area contributed by atoms with Crippen LogP contribution in [0.5, 0.6) is 0 Å². The lowest BCUT2D eigenvalue weighted by atomic mass is 10.1. The first-order valence-electron chi connectivity index (χ1n) is 7.92. The van der Waals surface area contributed by atoms with Gasteiger partial charge >= 0.3 is 0 Å². The summed E-state index contributed by atoms with van der Waals surface area (Å²) in [5.74, 6) is -2.11. The summed E-state index contributed by atoms with van der Waals surface area (Å²) in [4.78, 5) is 26.1. The van der Waals surface area contributed by atoms with Gasteiger partial charge in [-0.3, -0.25) is 9.59 Å². The number of hydrogen-bond donors (Lipinski definition) is 1. The van der Waals surface area contributed by atoms with Gasteiger partial charge in [-0.2, -0.15) is 0 Å². The number of rotatable bonds is 7. The van der Waals surface area contributed by atoms with Gasteiger partial charge in [0.25, 0.3) is 5.91 Å². The number of amides is 2. The predicted molar refractivity (Wildman–Crippen MR) is 93.4 cm³/mol. The topological polar surface area (TPSA) is 49.4 Å². The maximum Gasteiger partial charge on any atom is 0.261 e. The van der Waals surface area contributed by atoms with Gasteiger partial charge in [0.15, 0.2) is 11.6 Å². The molecule has 7 heteroatoms. The van der Waals surface area contributed by atoms with Gasteiger partial charge in [-0.25, -0.2) is 8.78 Å². The number of halogens is 2. The smallest absolute Gasteiger partial charge is 0.261 e.